The van der Waals surface area contributed by atoms with Crippen LogP contribution in [0.25, 0.3) is 0 Å². The van der Waals surface area contributed by atoms with Crippen molar-refractivity contribution < 1.29 is 37.0 Å². The number of hydrogen-bond acceptors (Lipinski definition) is 5. The lowest BCUT2D eigenvalue weighted by Gasteiger charge is -2.31. The molecule has 0 saturated heterocycles. The third kappa shape index (κ3) is 7.93. The van der Waals surface area contributed by atoms with E-state index in [0.29, 0.717) is 11.3 Å². The predicted molar refractivity (Wildman–Crippen MR) is 121 cm³/mol. The fourth-order valence-electron chi connectivity index (χ4n) is 3.42. The van der Waals surface area contributed by atoms with Crippen molar-refractivity contribution in [2.75, 3.05) is 7.11 Å². The topological polar surface area (TPSA) is 114 Å². The first-order valence-electron chi connectivity index (χ1n) is 10.8. The Bertz CT molecular complexity index is 999. The molecule has 2 aromatic rings. The van der Waals surface area contributed by atoms with Crippen LogP contribution in [0, 0.1) is 11.7 Å². The highest BCUT2D eigenvalue weighted by atomic mass is 19.4. The second kappa shape index (κ2) is 12.0. The van der Waals surface area contributed by atoms with E-state index >= 15 is 0 Å². The van der Waals surface area contributed by atoms with Gasteiger partial charge in [0.1, 0.15) is 17.6 Å². The molecule has 0 radical (unpaired) electrons. The Morgan fingerprint density at radius 1 is 1.06 bits per heavy atom. The molecule has 4 unspecified atom stereocenters. The summed E-state index contributed by atoms with van der Waals surface area (Å²) in [5, 5.41) is 14.4. The van der Waals surface area contributed by atoms with Crippen LogP contribution in [0.1, 0.15) is 31.0 Å². The van der Waals surface area contributed by atoms with Crippen LogP contribution in [0.15, 0.2) is 48.5 Å². The van der Waals surface area contributed by atoms with Gasteiger partial charge >= 0.3 is 6.18 Å². The van der Waals surface area contributed by atoms with E-state index in [1.54, 1.807) is 6.07 Å². The van der Waals surface area contributed by atoms with Gasteiger partial charge in [-0.25, -0.2) is 4.39 Å². The van der Waals surface area contributed by atoms with Crippen molar-refractivity contribution in [3.63, 3.8) is 0 Å². The first-order chi connectivity index (χ1) is 16.3. The molecule has 0 aliphatic heterocycles. The molecular formula is C24H29F4N3O4. The van der Waals surface area contributed by atoms with Gasteiger partial charge in [-0.2, -0.15) is 13.2 Å². The fraction of sp³-hybridized carbons (Fsp3) is 0.417. The number of alkyl halides is 3. The van der Waals surface area contributed by atoms with E-state index in [9.17, 15) is 32.3 Å². The van der Waals surface area contributed by atoms with E-state index in [-0.39, 0.29) is 12.0 Å². The van der Waals surface area contributed by atoms with Gasteiger partial charge in [0.2, 0.25) is 11.8 Å². The van der Waals surface area contributed by atoms with Crippen molar-refractivity contribution in [2.45, 2.75) is 50.7 Å². The van der Waals surface area contributed by atoms with Crippen molar-refractivity contribution in [2.24, 2.45) is 11.7 Å². The molecule has 0 saturated carbocycles. The second-order valence-electron chi connectivity index (χ2n) is 8.42. The average Bonchev–Trinajstić information content (AvgIpc) is 2.79. The maximum absolute atomic E-state index is 13.4. The molecule has 0 aromatic heterocycles. The number of benzene rings is 2. The Kier molecular flexibility index (Phi) is 9.61. The van der Waals surface area contributed by atoms with Gasteiger partial charge in [-0.15, -0.1) is 0 Å². The number of nitrogens with two attached hydrogens (primary N) is 1. The number of rotatable bonds is 10. The van der Waals surface area contributed by atoms with Crippen LogP contribution < -0.4 is 21.1 Å². The molecule has 7 nitrogen and oxygen atoms in total. The molecule has 0 spiro atoms. The Balaban J connectivity index is 2.28. The van der Waals surface area contributed by atoms with Gasteiger partial charge in [0.15, 0.2) is 6.10 Å². The summed E-state index contributed by atoms with van der Waals surface area (Å²) >= 11 is 0. The van der Waals surface area contributed by atoms with Gasteiger partial charge in [0.25, 0.3) is 0 Å². The summed E-state index contributed by atoms with van der Waals surface area (Å²) in [5.41, 5.74) is 6.65. The van der Waals surface area contributed by atoms with Crippen LogP contribution in [0.5, 0.6) is 5.75 Å². The summed E-state index contributed by atoms with van der Waals surface area (Å²) < 4.78 is 57.9. The number of methoxy groups -OCH3 is 1. The molecule has 2 rings (SSSR count). The van der Waals surface area contributed by atoms with E-state index in [0.717, 1.165) is 0 Å². The summed E-state index contributed by atoms with van der Waals surface area (Å²) in [5.74, 6) is -2.58. The van der Waals surface area contributed by atoms with Gasteiger partial charge in [-0.3, -0.25) is 9.59 Å². The molecule has 0 fully saturated rings. The van der Waals surface area contributed by atoms with Crippen molar-refractivity contribution in [1.29, 1.82) is 0 Å². The predicted octanol–water partition coefficient (Wildman–Crippen LogP) is 2.63. The number of hydrogen-bond donors (Lipinski definition) is 4. The number of nitrogens with one attached hydrogen (secondary N) is 2. The first-order valence-corrected chi connectivity index (χ1v) is 10.8. The van der Waals surface area contributed by atoms with Crippen molar-refractivity contribution in [3.8, 4) is 5.75 Å². The van der Waals surface area contributed by atoms with Crippen LogP contribution in [0.3, 0.4) is 0 Å². The Labute approximate surface area is 200 Å². The Hall–Kier alpha value is -3.18. The molecule has 5 N–H and O–H groups in total. The fourth-order valence-corrected chi connectivity index (χ4v) is 3.42. The zero-order chi connectivity index (χ0) is 26.3. The number of aliphatic hydroxyl groups excluding tert-OH is 1. The van der Waals surface area contributed by atoms with Crippen LogP contribution >= 0.6 is 0 Å². The largest absolute Gasteiger partial charge is 0.497 e. The van der Waals surface area contributed by atoms with Crippen LogP contribution in [-0.2, 0) is 16.0 Å². The van der Waals surface area contributed by atoms with Crippen molar-refractivity contribution >= 4 is 11.8 Å². The molecular weight excluding hydrogens is 470 g/mol. The Morgan fingerprint density at radius 2 is 1.69 bits per heavy atom. The lowest BCUT2D eigenvalue weighted by atomic mass is 9.96. The molecule has 4 atom stereocenters. The summed E-state index contributed by atoms with van der Waals surface area (Å²) in [6.07, 6.45) is -7.81. The quantitative estimate of drug-likeness (QED) is 0.376. The van der Waals surface area contributed by atoms with Gasteiger partial charge < -0.3 is 26.2 Å². The SMILES string of the molecule is COc1ccc(C(NC(=O)C(N)Cc2cccc(F)c2)C(=O)NC(C(C)C)C(O)C(F)(F)F)cc1. The highest BCUT2D eigenvalue weighted by molar-refractivity contribution is 5.90. The van der Waals surface area contributed by atoms with Crippen molar-refractivity contribution in [1.82, 2.24) is 10.6 Å². The first kappa shape index (κ1) is 28.1. The second-order valence-corrected chi connectivity index (χ2v) is 8.42. The summed E-state index contributed by atoms with van der Waals surface area (Å²) in [6, 6.07) is 7.18. The molecule has 0 bridgehead atoms. The van der Waals surface area contributed by atoms with E-state index in [1.807, 2.05) is 0 Å². The lowest BCUT2D eigenvalue weighted by molar-refractivity contribution is -0.215. The zero-order valence-corrected chi connectivity index (χ0v) is 19.5. The maximum Gasteiger partial charge on any atom is 0.416 e. The number of ether oxygens (including phenoxy) is 1. The lowest BCUT2D eigenvalue weighted by Crippen LogP contribution is -2.56. The number of carbonyl (C=O) groups is 2. The standard InChI is InChI=1S/C24H29F4N3O4/c1-13(2)19(21(32)24(26,27)28)30-23(34)20(15-7-9-17(35-3)10-8-15)31-22(33)18(29)12-14-5-4-6-16(25)11-14/h4-11,13,18-21,32H,12,29H2,1-3H3,(H,30,34)(H,31,33). The Morgan fingerprint density at radius 3 is 2.20 bits per heavy atom. The van der Waals surface area contributed by atoms with Crippen LogP contribution in [0.4, 0.5) is 17.6 Å². The average molecular weight is 500 g/mol. The monoisotopic (exact) mass is 499 g/mol. The van der Waals surface area contributed by atoms with Gasteiger partial charge in [-0.05, 0) is 47.7 Å². The van der Waals surface area contributed by atoms with Crippen LogP contribution in [-0.4, -0.2) is 48.4 Å². The highest BCUT2D eigenvalue weighted by Gasteiger charge is 2.45. The summed E-state index contributed by atoms with van der Waals surface area (Å²) in [7, 11) is 1.43. The molecule has 0 heterocycles. The van der Waals surface area contributed by atoms with Gasteiger partial charge in [0.05, 0.1) is 19.2 Å². The molecule has 192 valence electrons. The molecule has 2 aromatic carbocycles. The summed E-state index contributed by atoms with van der Waals surface area (Å²) in [6.45, 7) is 2.82. The zero-order valence-electron chi connectivity index (χ0n) is 19.5. The van der Waals surface area contributed by atoms with E-state index < -0.39 is 54.0 Å². The normalized spacial score (nSPS) is 15.1. The number of aliphatic hydroxyl groups is 1. The molecule has 0 aliphatic carbocycles. The van der Waals surface area contributed by atoms with Gasteiger partial charge in [-0.1, -0.05) is 38.1 Å². The number of halogens is 4. The maximum atomic E-state index is 13.4. The highest BCUT2D eigenvalue weighted by Crippen LogP contribution is 2.26. The third-order valence-electron chi connectivity index (χ3n) is 5.38. The molecule has 11 heteroatoms. The van der Waals surface area contributed by atoms with E-state index in [1.165, 1.54) is 63.4 Å². The van der Waals surface area contributed by atoms with E-state index in [2.05, 4.69) is 10.6 Å². The minimum atomic E-state index is -4.96. The number of amides is 2. The summed E-state index contributed by atoms with van der Waals surface area (Å²) in [4.78, 5) is 25.9. The number of carbonyl (C=O) groups excluding carboxylic acids is 2. The minimum Gasteiger partial charge on any atom is -0.497 e. The molecule has 2 amide bonds. The van der Waals surface area contributed by atoms with Gasteiger partial charge in [0, 0.05) is 0 Å². The van der Waals surface area contributed by atoms with E-state index in [4.69, 9.17) is 10.5 Å². The molecule has 35 heavy (non-hydrogen) atoms. The molecule has 0 aliphatic rings. The third-order valence-corrected chi connectivity index (χ3v) is 5.38. The van der Waals surface area contributed by atoms with Crippen molar-refractivity contribution in [3.05, 3.63) is 65.5 Å². The smallest absolute Gasteiger partial charge is 0.416 e. The minimum absolute atomic E-state index is 0.0397. The van der Waals surface area contributed by atoms with Crippen LogP contribution in [0.2, 0.25) is 0 Å².